The van der Waals surface area contributed by atoms with Crippen LogP contribution < -0.4 is 10.6 Å². The average molecular weight is 372 g/mol. The van der Waals surface area contributed by atoms with Crippen molar-refractivity contribution in [1.29, 1.82) is 0 Å². The van der Waals surface area contributed by atoms with Crippen LogP contribution in [0, 0.1) is 5.82 Å². The molecule has 0 aliphatic heterocycles. The van der Waals surface area contributed by atoms with E-state index in [1.165, 1.54) is 6.07 Å². The minimum Gasteiger partial charge on any atom is -0.444 e. The van der Waals surface area contributed by atoms with Gasteiger partial charge in [-0.15, -0.1) is 0 Å². The van der Waals surface area contributed by atoms with Gasteiger partial charge in [-0.2, -0.15) is 0 Å². The summed E-state index contributed by atoms with van der Waals surface area (Å²) in [5.74, 6) is -0.674. The van der Waals surface area contributed by atoms with Gasteiger partial charge in [-0.25, -0.2) is 9.18 Å². The van der Waals surface area contributed by atoms with E-state index >= 15 is 0 Å². The van der Waals surface area contributed by atoms with Gasteiger partial charge in [0.25, 0.3) is 0 Å². The van der Waals surface area contributed by atoms with E-state index in [-0.39, 0.29) is 24.7 Å². The molecule has 0 heterocycles. The number of hydrogen-bond acceptors (Lipinski definition) is 3. The van der Waals surface area contributed by atoms with Gasteiger partial charge < -0.3 is 15.4 Å². The number of ether oxygens (including phenoxy) is 1. The summed E-state index contributed by atoms with van der Waals surface area (Å²) in [6.45, 7) is 5.39. The van der Waals surface area contributed by atoms with E-state index in [0.29, 0.717) is 5.56 Å². The van der Waals surface area contributed by atoms with Gasteiger partial charge in [-0.1, -0.05) is 48.5 Å². The molecule has 1 atom stereocenters. The maximum Gasteiger partial charge on any atom is 0.408 e. The second-order valence-electron chi connectivity index (χ2n) is 7.18. The lowest BCUT2D eigenvalue weighted by atomic mass is 10.0. The number of carbonyl (C=O) groups is 2. The fourth-order valence-electron chi connectivity index (χ4n) is 2.48. The lowest BCUT2D eigenvalue weighted by Gasteiger charge is -2.23. The van der Waals surface area contributed by atoms with Crippen LogP contribution in [0.2, 0.25) is 0 Å². The Morgan fingerprint density at radius 2 is 1.67 bits per heavy atom. The van der Waals surface area contributed by atoms with Gasteiger partial charge in [0.05, 0.1) is 12.5 Å². The first-order valence-corrected chi connectivity index (χ1v) is 8.79. The summed E-state index contributed by atoms with van der Waals surface area (Å²) >= 11 is 0. The topological polar surface area (TPSA) is 67.4 Å². The zero-order chi connectivity index (χ0) is 19.9. The molecule has 6 heteroatoms. The third kappa shape index (κ3) is 7.09. The largest absolute Gasteiger partial charge is 0.444 e. The summed E-state index contributed by atoms with van der Waals surface area (Å²) in [6.07, 6.45) is -0.587. The predicted octanol–water partition coefficient (Wildman–Crippen LogP) is 4.10. The van der Waals surface area contributed by atoms with Gasteiger partial charge in [-0.3, -0.25) is 4.79 Å². The summed E-state index contributed by atoms with van der Waals surface area (Å²) in [5.41, 5.74) is 0.546. The van der Waals surface area contributed by atoms with Crippen molar-refractivity contribution in [2.75, 3.05) is 0 Å². The molecule has 0 bridgehead atoms. The first kappa shape index (κ1) is 20.4. The molecule has 0 aromatic heterocycles. The van der Waals surface area contributed by atoms with Gasteiger partial charge in [0.15, 0.2) is 0 Å². The molecule has 5 nitrogen and oxygen atoms in total. The zero-order valence-corrected chi connectivity index (χ0v) is 15.8. The van der Waals surface area contributed by atoms with Crippen molar-refractivity contribution in [2.24, 2.45) is 0 Å². The molecule has 0 aliphatic carbocycles. The van der Waals surface area contributed by atoms with Crippen LogP contribution in [0.5, 0.6) is 0 Å². The third-order valence-electron chi connectivity index (χ3n) is 3.72. The standard InChI is InChI=1S/C21H25FN2O3/c1-21(2,3)27-20(26)24-18(15-9-5-4-6-10-15)13-19(25)23-14-16-11-7-8-12-17(16)22/h4-12,18H,13-14H2,1-3H3,(H,23,25)(H,24,26)/t18-/m1/s1. The Kier molecular flexibility index (Phi) is 6.93. The molecule has 0 saturated heterocycles. The summed E-state index contributed by atoms with van der Waals surface area (Å²) in [5, 5.41) is 5.42. The molecule has 0 spiro atoms. The Morgan fingerprint density at radius 1 is 1.04 bits per heavy atom. The highest BCUT2D eigenvalue weighted by Gasteiger charge is 2.22. The number of halogens is 1. The smallest absolute Gasteiger partial charge is 0.408 e. The SMILES string of the molecule is CC(C)(C)OC(=O)N[C@H](CC(=O)NCc1ccccc1F)c1ccccc1. The maximum atomic E-state index is 13.7. The molecule has 27 heavy (non-hydrogen) atoms. The molecule has 144 valence electrons. The number of nitrogens with one attached hydrogen (secondary N) is 2. The third-order valence-corrected chi connectivity index (χ3v) is 3.72. The van der Waals surface area contributed by atoms with Crippen LogP contribution >= 0.6 is 0 Å². The van der Waals surface area contributed by atoms with Crippen LogP contribution in [0.25, 0.3) is 0 Å². The summed E-state index contributed by atoms with van der Waals surface area (Å²) < 4.78 is 19.0. The zero-order valence-electron chi connectivity index (χ0n) is 15.8. The lowest BCUT2D eigenvalue weighted by molar-refractivity contribution is -0.121. The van der Waals surface area contributed by atoms with Gasteiger partial charge in [0.1, 0.15) is 11.4 Å². The first-order chi connectivity index (χ1) is 12.7. The highest BCUT2D eigenvalue weighted by Crippen LogP contribution is 2.18. The Balaban J connectivity index is 2.02. The van der Waals surface area contributed by atoms with Crippen molar-refractivity contribution in [3.05, 3.63) is 71.5 Å². The highest BCUT2D eigenvalue weighted by molar-refractivity contribution is 5.78. The van der Waals surface area contributed by atoms with E-state index in [1.807, 2.05) is 30.3 Å². The normalized spacial score (nSPS) is 12.1. The molecule has 0 unspecified atom stereocenters. The van der Waals surface area contributed by atoms with Crippen LogP contribution in [0.1, 0.15) is 44.4 Å². The number of rotatable bonds is 6. The molecular weight excluding hydrogens is 347 g/mol. The Hall–Kier alpha value is -2.89. The Morgan fingerprint density at radius 3 is 2.30 bits per heavy atom. The molecule has 0 saturated carbocycles. The molecule has 0 aliphatic rings. The maximum absolute atomic E-state index is 13.7. The van der Waals surface area contributed by atoms with E-state index in [2.05, 4.69) is 10.6 Å². The second-order valence-corrected chi connectivity index (χ2v) is 7.18. The molecule has 2 rings (SSSR count). The number of carbonyl (C=O) groups excluding carboxylic acids is 2. The summed E-state index contributed by atoms with van der Waals surface area (Å²) in [6, 6.07) is 14.9. The van der Waals surface area contributed by atoms with Crippen molar-refractivity contribution in [3.63, 3.8) is 0 Å². The number of hydrogen-bond donors (Lipinski definition) is 2. The van der Waals surface area contributed by atoms with Crippen molar-refractivity contribution in [2.45, 2.75) is 45.4 Å². The minimum atomic E-state index is -0.640. The fourth-order valence-corrected chi connectivity index (χ4v) is 2.48. The average Bonchev–Trinajstić information content (AvgIpc) is 2.59. The number of alkyl carbamates (subject to hydrolysis) is 1. The van der Waals surface area contributed by atoms with Crippen LogP contribution in [0.3, 0.4) is 0 Å². The molecule has 2 aromatic carbocycles. The van der Waals surface area contributed by atoms with Gasteiger partial charge in [0.2, 0.25) is 5.91 Å². The fraction of sp³-hybridized carbons (Fsp3) is 0.333. The lowest BCUT2D eigenvalue weighted by Crippen LogP contribution is -2.37. The molecular formula is C21H25FN2O3. The summed E-state index contributed by atoms with van der Waals surface area (Å²) in [4.78, 5) is 24.5. The number of benzene rings is 2. The Labute approximate surface area is 158 Å². The Bertz CT molecular complexity index is 772. The second kappa shape index (κ2) is 9.16. The van der Waals surface area contributed by atoms with Gasteiger partial charge >= 0.3 is 6.09 Å². The molecule has 2 aromatic rings. The quantitative estimate of drug-likeness (QED) is 0.802. The van der Waals surface area contributed by atoms with E-state index in [4.69, 9.17) is 4.74 Å². The van der Waals surface area contributed by atoms with E-state index < -0.39 is 17.7 Å². The summed E-state index contributed by atoms with van der Waals surface area (Å²) in [7, 11) is 0. The minimum absolute atomic E-state index is 0.0116. The van der Waals surface area contributed by atoms with Crippen molar-refractivity contribution in [1.82, 2.24) is 10.6 Å². The molecule has 0 radical (unpaired) electrons. The van der Waals surface area contributed by atoms with Crippen molar-refractivity contribution < 1.29 is 18.7 Å². The molecule has 2 N–H and O–H groups in total. The molecule has 2 amide bonds. The van der Waals surface area contributed by atoms with Crippen LogP contribution in [-0.2, 0) is 16.1 Å². The first-order valence-electron chi connectivity index (χ1n) is 8.79. The van der Waals surface area contributed by atoms with Crippen molar-refractivity contribution in [3.8, 4) is 0 Å². The molecule has 0 fully saturated rings. The van der Waals surface area contributed by atoms with Crippen LogP contribution in [0.15, 0.2) is 54.6 Å². The van der Waals surface area contributed by atoms with Crippen LogP contribution in [-0.4, -0.2) is 17.6 Å². The predicted molar refractivity (Wildman–Crippen MR) is 101 cm³/mol. The highest BCUT2D eigenvalue weighted by atomic mass is 19.1. The van der Waals surface area contributed by atoms with Crippen LogP contribution in [0.4, 0.5) is 9.18 Å². The van der Waals surface area contributed by atoms with Gasteiger partial charge in [0, 0.05) is 12.1 Å². The van der Waals surface area contributed by atoms with E-state index in [9.17, 15) is 14.0 Å². The number of amides is 2. The van der Waals surface area contributed by atoms with E-state index in [1.54, 1.807) is 39.0 Å². The van der Waals surface area contributed by atoms with Crippen molar-refractivity contribution >= 4 is 12.0 Å². The monoisotopic (exact) mass is 372 g/mol. The van der Waals surface area contributed by atoms with E-state index in [0.717, 1.165) is 5.56 Å². The van der Waals surface area contributed by atoms with Gasteiger partial charge in [-0.05, 0) is 32.4 Å².